The number of hydrogen-bond donors (Lipinski definition) is 1. The smallest absolute Gasteiger partial charge is 0.219 e. The molecule has 0 aliphatic carbocycles. The highest BCUT2D eigenvalue weighted by Crippen LogP contribution is 2.29. The minimum Gasteiger partial charge on any atom is -0.436 e. The first-order valence-electron chi connectivity index (χ1n) is 5.52. The van der Waals surface area contributed by atoms with Gasteiger partial charge in [-0.15, -0.1) is 0 Å². The Labute approximate surface area is 120 Å². The lowest BCUT2D eigenvalue weighted by molar-refractivity contribution is 0.427. The summed E-state index contributed by atoms with van der Waals surface area (Å²) in [6, 6.07) is 6.19. The highest BCUT2D eigenvalue weighted by Gasteiger charge is 2.10. The number of ether oxygens (including phenoxy) is 1. The third kappa shape index (κ3) is 3.35. The second-order valence-corrected chi connectivity index (χ2v) is 4.61. The van der Waals surface area contributed by atoms with Crippen molar-refractivity contribution >= 4 is 23.2 Å². The largest absolute Gasteiger partial charge is 0.436 e. The van der Waals surface area contributed by atoms with E-state index in [9.17, 15) is 4.39 Å². The Morgan fingerprint density at radius 2 is 2.11 bits per heavy atom. The van der Waals surface area contributed by atoms with Gasteiger partial charge in [-0.25, -0.2) is 9.37 Å². The van der Waals surface area contributed by atoms with Crippen molar-refractivity contribution in [3.63, 3.8) is 0 Å². The van der Waals surface area contributed by atoms with Gasteiger partial charge in [-0.05, 0) is 24.7 Å². The molecule has 0 saturated carbocycles. The number of halogens is 3. The Morgan fingerprint density at radius 3 is 2.84 bits per heavy atom. The van der Waals surface area contributed by atoms with Gasteiger partial charge in [0.25, 0.3) is 0 Å². The zero-order valence-corrected chi connectivity index (χ0v) is 11.6. The molecule has 3 nitrogen and oxygen atoms in total. The number of rotatable bonds is 4. The van der Waals surface area contributed by atoms with Crippen LogP contribution in [0.25, 0.3) is 0 Å². The number of benzene rings is 1. The van der Waals surface area contributed by atoms with Gasteiger partial charge in [0.2, 0.25) is 5.88 Å². The molecule has 1 N–H and O–H groups in total. The molecule has 19 heavy (non-hydrogen) atoms. The van der Waals surface area contributed by atoms with Gasteiger partial charge in [0.15, 0.2) is 11.6 Å². The molecular formula is C13H11Cl2FN2O. The van der Waals surface area contributed by atoms with Crippen LogP contribution in [-0.2, 0) is 6.54 Å². The summed E-state index contributed by atoms with van der Waals surface area (Å²) in [6.07, 6.45) is 1.46. The fourth-order valence-corrected chi connectivity index (χ4v) is 1.85. The molecule has 0 atom stereocenters. The van der Waals surface area contributed by atoms with Crippen molar-refractivity contribution in [2.75, 3.05) is 7.05 Å². The van der Waals surface area contributed by atoms with Crippen molar-refractivity contribution in [2.24, 2.45) is 0 Å². The van der Waals surface area contributed by atoms with Crippen molar-refractivity contribution in [1.29, 1.82) is 0 Å². The summed E-state index contributed by atoms with van der Waals surface area (Å²) in [5.74, 6) is -0.329. The van der Waals surface area contributed by atoms with E-state index in [1.165, 1.54) is 18.3 Å². The topological polar surface area (TPSA) is 34.1 Å². The third-order valence-electron chi connectivity index (χ3n) is 2.41. The Hall–Kier alpha value is -1.36. The zero-order chi connectivity index (χ0) is 13.8. The van der Waals surface area contributed by atoms with E-state index in [0.717, 1.165) is 5.56 Å². The quantitative estimate of drug-likeness (QED) is 0.925. The van der Waals surface area contributed by atoms with Crippen molar-refractivity contribution < 1.29 is 9.13 Å². The molecule has 0 bridgehead atoms. The summed E-state index contributed by atoms with van der Waals surface area (Å²) in [6.45, 7) is 0.565. The van der Waals surface area contributed by atoms with Crippen molar-refractivity contribution in [1.82, 2.24) is 10.3 Å². The highest BCUT2D eigenvalue weighted by molar-refractivity contribution is 6.31. The molecule has 0 aliphatic heterocycles. The monoisotopic (exact) mass is 300 g/mol. The van der Waals surface area contributed by atoms with Crippen molar-refractivity contribution in [2.45, 2.75) is 6.54 Å². The molecule has 0 radical (unpaired) electrons. The molecular weight excluding hydrogens is 290 g/mol. The van der Waals surface area contributed by atoms with E-state index in [4.69, 9.17) is 27.9 Å². The first kappa shape index (κ1) is 14.1. The fraction of sp³-hybridized carbons (Fsp3) is 0.154. The van der Waals surface area contributed by atoms with Gasteiger partial charge in [-0.2, -0.15) is 0 Å². The van der Waals surface area contributed by atoms with E-state index >= 15 is 0 Å². The van der Waals surface area contributed by atoms with Gasteiger partial charge in [0.1, 0.15) is 0 Å². The lowest BCUT2D eigenvalue weighted by Gasteiger charge is -2.09. The molecule has 2 rings (SSSR count). The van der Waals surface area contributed by atoms with Gasteiger partial charge in [-0.1, -0.05) is 29.3 Å². The van der Waals surface area contributed by atoms with E-state index < -0.39 is 5.82 Å². The van der Waals surface area contributed by atoms with Crippen LogP contribution in [0.2, 0.25) is 10.0 Å². The normalized spacial score (nSPS) is 10.5. The highest BCUT2D eigenvalue weighted by atomic mass is 35.5. The summed E-state index contributed by atoms with van der Waals surface area (Å²) >= 11 is 11.7. The van der Waals surface area contributed by atoms with Gasteiger partial charge in [-0.3, -0.25) is 0 Å². The number of nitrogens with zero attached hydrogens (tertiary/aromatic N) is 1. The van der Waals surface area contributed by atoms with E-state index in [0.29, 0.717) is 11.6 Å². The van der Waals surface area contributed by atoms with Crippen LogP contribution < -0.4 is 10.1 Å². The number of aromatic nitrogens is 1. The molecule has 0 aliphatic rings. The SMILES string of the molecule is CNCc1cc(Oc2cccc(Cl)c2F)ncc1Cl. The van der Waals surface area contributed by atoms with Gasteiger partial charge >= 0.3 is 0 Å². The maximum Gasteiger partial charge on any atom is 0.219 e. The average Bonchev–Trinajstić information content (AvgIpc) is 2.39. The average molecular weight is 301 g/mol. The Balaban J connectivity index is 2.28. The molecule has 100 valence electrons. The number of nitrogens with one attached hydrogen (secondary N) is 1. The van der Waals surface area contributed by atoms with Crippen LogP contribution in [0.15, 0.2) is 30.5 Å². The van der Waals surface area contributed by atoms with Crippen LogP contribution in [-0.4, -0.2) is 12.0 Å². The van der Waals surface area contributed by atoms with Crippen LogP contribution in [0, 0.1) is 5.82 Å². The van der Waals surface area contributed by atoms with Crippen molar-refractivity contribution in [3.8, 4) is 11.6 Å². The lowest BCUT2D eigenvalue weighted by atomic mass is 10.2. The summed E-state index contributed by atoms with van der Waals surface area (Å²) < 4.78 is 19.1. The Kier molecular flexibility index (Phi) is 4.58. The van der Waals surface area contributed by atoms with Crippen LogP contribution in [0.4, 0.5) is 4.39 Å². The molecule has 0 saturated heterocycles. The van der Waals surface area contributed by atoms with Crippen LogP contribution in [0.5, 0.6) is 11.6 Å². The van der Waals surface area contributed by atoms with E-state index in [-0.39, 0.29) is 16.7 Å². The summed E-state index contributed by atoms with van der Waals surface area (Å²) in [5.41, 5.74) is 0.816. The molecule has 1 aromatic heterocycles. The van der Waals surface area contributed by atoms with E-state index in [1.54, 1.807) is 19.2 Å². The lowest BCUT2D eigenvalue weighted by Crippen LogP contribution is -2.06. The van der Waals surface area contributed by atoms with E-state index in [1.807, 2.05) is 0 Å². The number of pyridine rings is 1. The molecule has 1 aromatic carbocycles. The first-order chi connectivity index (χ1) is 9.11. The Morgan fingerprint density at radius 1 is 1.32 bits per heavy atom. The summed E-state index contributed by atoms with van der Waals surface area (Å²) in [4.78, 5) is 4.00. The molecule has 6 heteroatoms. The van der Waals surface area contributed by atoms with Gasteiger partial charge in [0.05, 0.1) is 10.0 Å². The maximum absolute atomic E-state index is 13.7. The molecule has 0 unspecified atom stereocenters. The Bertz CT molecular complexity index is 593. The summed E-state index contributed by atoms with van der Waals surface area (Å²) in [7, 11) is 1.80. The number of hydrogen-bond acceptors (Lipinski definition) is 3. The molecule has 1 heterocycles. The fourth-order valence-electron chi connectivity index (χ4n) is 1.52. The second kappa shape index (κ2) is 6.19. The second-order valence-electron chi connectivity index (χ2n) is 3.80. The molecule has 2 aromatic rings. The predicted octanol–water partition coefficient (Wildman–Crippen LogP) is 4.04. The van der Waals surface area contributed by atoms with Gasteiger partial charge < -0.3 is 10.1 Å². The zero-order valence-electron chi connectivity index (χ0n) is 10.1. The standard InChI is InChI=1S/C13H11Cl2FN2O/c1-17-6-8-5-12(18-7-10(8)15)19-11-4-2-3-9(14)13(11)16/h2-5,7,17H,6H2,1H3. The van der Waals surface area contributed by atoms with Crippen LogP contribution in [0.1, 0.15) is 5.56 Å². The minimum absolute atomic E-state index is 0.00177. The molecule has 0 spiro atoms. The minimum atomic E-state index is -0.615. The maximum atomic E-state index is 13.7. The molecule has 0 fully saturated rings. The van der Waals surface area contributed by atoms with Gasteiger partial charge in [0, 0.05) is 18.8 Å². The van der Waals surface area contributed by atoms with Crippen LogP contribution in [0.3, 0.4) is 0 Å². The van der Waals surface area contributed by atoms with Crippen molar-refractivity contribution in [3.05, 3.63) is 51.9 Å². The molecule has 0 amide bonds. The first-order valence-corrected chi connectivity index (χ1v) is 6.28. The summed E-state index contributed by atoms with van der Waals surface area (Å²) in [5, 5.41) is 3.50. The van der Waals surface area contributed by atoms with E-state index in [2.05, 4.69) is 10.3 Å². The van der Waals surface area contributed by atoms with Crippen LogP contribution >= 0.6 is 23.2 Å². The predicted molar refractivity (Wildman–Crippen MR) is 73.5 cm³/mol. The third-order valence-corrected chi connectivity index (χ3v) is 3.04.